The average Bonchev–Trinajstić information content (AvgIpc) is 2.67. The van der Waals surface area contributed by atoms with Gasteiger partial charge in [0.25, 0.3) is 0 Å². The van der Waals surface area contributed by atoms with Gasteiger partial charge in [0.2, 0.25) is 0 Å². The minimum absolute atomic E-state index is 0.517. The zero-order valence-corrected chi connectivity index (χ0v) is 6.97. The van der Waals surface area contributed by atoms with Crippen LogP contribution in [0.4, 0.5) is 5.69 Å². The summed E-state index contributed by atoms with van der Waals surface area (Å²) in [4.78, 5) is 10.4. The number of carbonyl (C=O) groups is 1. The van der Waals surface area contributed by atoms with Crippen LogP contribution in [-0.4, -0.2) is 18.5 Å². The van der Waals surface area contributed by atoms with E-state index in [1.807, 2.05) is 35.3 Å². The van der Waals surface area contributed by atoms with Crippen LogP contribution in [0.15, 0.2) is 35.4 Å². The second-order valence-electron chi connectivity index (χ2n) is 2.74. The molecule has 0 aromatic heterocycles. The van der Waals surface area contributed by atoms with Crippen molar-refractivity contribution in [2.75, 3.05) is 11.6 Å². The van der Waals surface area contributed by atoms with Crippen molar-refractivity contribution < 1.29 is 4.79 Å². The number of aldehydes is 1. The van der Waals surface area contributed by atoms with Crippen LogP contribution in [0.25, 0.3) is 0 Å². The molecule has 0 aliphatic carbocycles. The van der Waals surface area contributed by atoms with Crippen molar-refractivity contribution in [2.24, 2.45) is 5.10 Å². The largest absolute Gasteiger partial charge is 0.296 e. The van der Waals surface area contributed by atoms with Crippen molar-refractivity contribution >= 4 is 17.7 Å². The molecule has 13 heavy (non-hydrogen) atoms. The maximum Gasteiger partial charge on any atom is 0.168 e. The lowest BCUT2D eigenvalue weighted by atomic mass is 10.3. The number of hydrazone groups is 1. The summed E-state index contributed by atoms with van der Waals surface area (Å²) in [6, 6.07) is 9.74. The fraction of sp³-hybridized carbons (Fsp3) is 0.111. The minimum atomic E-state index is 0.517. The molecule has 1 heterocycles. The lowest BCUT2D eigenvalue weighted by Gasteiger charge is -2.15. The van der Waals surface area contributed by atoms with Crippen LogP contribution >= 0.6 is 0 Å². The number of rotatable bonds is 2. The molecule has 4 nitrogen and oxygen atoms in total. The highest BCUT2D eigenvalue weighted by atomic mass is 16.1. The topological polar surface area (TPSA) is 44.7 Å². The van der Waals surface area contributed by atoms with Crippen LogP contribution < -0.4 is 10.5 Å². The zero-order valence-electron chi connectivity index (χ0n) is 6.97. The summed E-state index contributed by atoms with van der Waals surface area (Å²) in [6.07, 6.45) is 0.760. The van der Waals surface area contributed by atoms with Gasteiger partial charge in [-0.25, -0.2) is 5.53 Å². The molecule has 1 aliphatic heterocycles. The van der Waals surface area contributed by atoms with Gasteiger partial charge < -0.3 is 0 Å². The molecule has 0 radical (unpaired) electrons. The number of para-hydroxylation sites is 1. The first-order valence-corrected chi connectivity index (χ1v) is 4.00. The number of nitrogens with one attached hydrogen (secondary N) is 1. The Morgan fingerprint density at radius 1 is 1.38 bits per heavy atom. The van der Waals surface area contributed by atoms with Crippen molar-refractivity contribution in [2.45, 2.75) is 0 Å². The minimum Gasteiger partial charge on any atom is -0.296 e. The molecule has 0 saturated carbocycles. The van der Waals surface area contributed by atoms with E-state index in [1.54, 1.807) is 0 Å². The molecule has 4 heteroatoms. The third-order valence-corrected chi connectivity index (χ3v) is 1.84. The first-order valence-electron chi connectivity index (χ1n) is 4.00. The lowest BCUT2D eigenvalue weighted by molar-refractivity contribution is -0.102. The Morgan fingerprint density at radius 2 is 2.15 bits per heavy atom. The first kappa shape index (κ1) is 7.79. The van der Waals surface area contributed by atoms with Gasteiger partial charge in [-0.05, 0) is 12.1 Å². The van der Waals surface area contributed by atoms with Crippen molar-refractivity contribution in [3.05, 3.63) is 30.3 Å². The summed E-state index contributed by atoms with van der Waals surface area (Å²) in [5.41, 5.74) is 4.28. The van der Waals surface area contributed by atoms with E-state index in [4.69, 9.17) is 0 Å². The molecular formula is C9H9N3O. The van der Waals surface area contributed by atoms with Gasteiger partial charge in [0.15, 0.2) is 6.29 Å². The number of hydrazine groups is 1. The normalized spacial score (nSPS) is 15.1. The Morgan fingerprint density at radius 3 is 2.77 bits per heavy atom. The molecule has 0 amide bonds. The predicted octanol–water partition coefficient (Wildman–Crippen LogP) is 0.566. The smallest absolute Gasteiger partial charge is 0.168 e. The van der Waals surface area contributed by atoms with Crippen LogP contribution in [-0.2, 0) is 4.79 Å². The standard InChI is InChI=1S/C9H9N3O/c13-7-8-6-12(11-10-8)9-4-2-1-3-5-9/h1-5,7,11H,6H2. The Balaban J connectivity index is 2.11. The molecule has 0 unspecified atom stereocenters. The summed E-state index contributed by atoms with van der Waals surface area (Å²) < 4.78 is 0. The Labute approximate surface area is 75.8 Å². The van der Waals surface area contributed by atoms with Gasteiger partial charge in [0, 0.05) is 0 Å². The van der Waals surface area contributed by atoms with E-state index < -0.39 is 0 Å². The SMILES string of the molecule is O=CC1=NNN(c2ccccc2)C1. The van der Waals surface area contributed by atoms with E-state index in [9.17, 15) is 4.79 Å². The first-order chi connectivity index (χ1) is 6.40. The summed E-state index contributed by atoms with van der Waals surface area (Å²) in [7, 11) is 0. The number of benzene rings is 1. The molecule has 1 aliphatic rings. The van der Waals surface area contributed by atoms with Crippen LogP contribution in [0.1, 0.15) is 0 Å². The highest BCUT2D eigenvalue weighted by Crippen LogP contribution is 2.12. The third-order valence-electron chi connectivity index (χ3n) is 1.84. The zero-order chi connectivity index (χ0) is 9.10. The van der Waals surface area contributed by atoms with E-state index in [-0.39, 0.29) is 0 Å². The van der Waals surface area contributed by atoms with E-state index in [0.29, 0.717) is 12.3 Å². The molecular weight excluding hydrogens is 166 g/mol. The maximum atomic E-state index is 10.4. The number of carbonyl (C=O) groups excluding carboxylic acids is 1. The van der Waals surface area contributed by atoms with E-state index in [1.165, 1.54) is 0 Å². The van der Waals surface area contributed by atoms with Gasteiger partial charge in [0.05, 0.1) is 12.2 Å². The van der Waals surface area contributed by atoms with Crippen LogP contribution in [0.3, 0.4) is 0 Å². The van der Waals surface area contributed by atoms with Gasteiger partial charge in [0.1, 0.15) is 5.71 Å². The average molecular weight is 175 g/mol. The van der Waals surface area contributed by atoms with Crippen molar-refractivity contribution in [3.8, 4) is 0 Å². The van der Waals surface area contributed by atoms with E-state index >= 15 is 0 Å². The van der Waals surface area contributed by atoms with Gasteiger partial charge >= 0.3 is 0 Å². The number of anilines is 1. The fourth-order valence-electron chi connectivity index (χ4n) is 1.18. The molecule has 1 N–H and O–H groups in total. The highest BCUT2D eigenvalue weighted by Gasteiger charge is 2.14. The van der Waals surface area contributed by atoms with Gasteiger partial charge in [-0.15, -0.1) is 0 Å². The summed E-state index contributed by atoms with van der Waals surface area (Å²) in [6.45, 7) is 0.521. The van der Waals surface area contributed by atoms with Crippen molar-refractivity contribution in [1.29, 1.82) is 0 Å². The predicted molar refractivity (Wildman–Crippen MR) is 50.4 cm³/mol. The number of hydrogen-bond donors (Lipinski definition) is 1. The molecule has 0 bridgehead atoms. The van der Waals surface area contributed by atoms with E-state index in [2.05, 4.69) is 10.6 Å². The Hall–Kier alpha value is -1.84. The number of nitrogens with zero attached hydrogens (tertiary/aromatic N) is 2. The molecule has 0 atom stereocenters. The van der Waals surface area contributed by atoms with Gasteiger partial charge in [-0.2, -0.15) is 5.10 Å². The molecule has 0 spiro atoms. The molecule has 66 valence electrons. The van der Waals surface area contributed by atoms with Crippen LogP contribution in [0, 0.1) is 0 Å². The summed E-state index contributed by atoms with van der Waals surface area (Å²) in [5, 5.41) is 5.65. The van der Waals surface area contributed by atoms with E-state index in [0.717, 1.165) is 12.0 Å². The molecule has 1 aromatic carbocycles. The second kappa shape index (κ2) is 3.26. The summed E-state index contributed by atoms with van der Waals surface area (Å²) in [5.74, 6) is 0. The maximum absolute atomic E-state index is 10.4. The van der Waals surface area contributed by atoms with Crippen LogP contribution in [0.2, 0.25) is 0 Å². The monoisotopic (exact) mass is 175 g/mol. The molecule has 2 rings (SSSR count). The lowest BCUT2D eigenvalue weighted by Crippen LogP contribution is -2.30. The molecule has 0 saturated heterocycles. The van der Waals surface area contributed by atoms with Gasteiger partial charge in [-0.3, -0.25) is 9.80 Å². The summed E-state index contributed by atoms with van der Waals surface area (Å²) >= 11 is 0. The molecule has 1 aromatic rings. The van der Waals surface area contributed by atoms with Crippen LogP contribution in [0.5, 0.6) is 0 Å². The highest BCUT2D eigenvalue weighted by molar-refractivity contribution is 6.30. The number of hydrogen-bond acceptors (Lipinski definition) is 4. The Kier molecular flexibility index (Phi) is 1.96. The van der Waals surface area contributed by atoms with Crippen molar-refractivity contribution in [1.82, 2.24) is 5.53 Å². The molecule has 0 fully saturated rings. The fourth-order valence-corrected chi connectivity index (χ4v) is 1.18. The Bertz CT molecular complexity index is 334. The third kappa shape index (κ3) is 1.51. The quantitative estimate of drug-likeness (QED) is 0.668. The second-order valence-corrected chi connectivity index (χ2v) is 2.74. The van der Waals surface area contributed by atoms with Crippen molar-refractivity contribution in [3.63, 3.8) is 0 Å². The van der Waals surface area contributed by atoms with Gasteiger partial charge in [-0.1, -0.05) is 18.2 Å².